The lowest BCUT2D eigenvalue weighted by molar-refractivity contribution is 0.204. The van der Waals surface area contributed by atoms with Crippen molar-refractivity contribution in [1.82, 2.24) is 9.38 Å². The molecule has 0 spiro atoms. The third kappa shape index (κ3) is 1.88. The van der Waals surface area contributed by atoms with E-state index in [0.29, 0.717) is 0 Å². The Morgan fingerprint density at radius 1 is 0.719 bits per heavy atom. The SMILES string of the molecule is CC1(C)CC2(C)c3c(nc4c5ccccc5c5cccc(c5n34)C2(C)C)-c2ccccc21. The van der Waals surface area contributed by atoms with E-state index in [1.54, 1.807) is 0 Å². The highest BCUT2D eigenvalue weighted by atomic mass is 15.1. The molecule has 2 nitrogen and oxygen atoms in total. The van der Waals surface area contributed by atoms with Crippen LogP contribution in [0.3, 0.4) is 0 Å². The lowest BCUT2D eigenvalue weighted by atomic mass is 9.55. The average Bonchev–Trinajstić information content (AvgIpc) is 3.16. The van der Waals surface area contributed by atoms with Crippen molar-refractivity contribution in [3.8, 4) is 11.3 Å². The number of aromatic nitrogens is 2. The molecule has 2 aromatic heterocycles. The fraction of sp³-hybridized carbons (Fsp3) is 0.300. The first-order valence-electron chi connectivity index (χ1n) is 11.7. The summed E-state index contributed by atoms with van der Waals surface area (Å²) >= 11 is 0. The molecule has 0 fully saturated rings. The monoisotopic (exact) mass is 416 g/mol. The van der Waals surface area contributed by atoms with Gasteiger partial charge in [-0.1, -0.05) is 101 Å². The van der Waals surface area contributed by atoms with Crippen LogP contribution >= 0.6 is 0 Å². The highest BCUT2D eigenvalue weighted by molar-refractivity contribution is 6.13. The van der Waals surface area contributed by atoms with Crippen molar-refractivity contribution < 1.29 is 0 Å². The summed E-state index contributed by atoms with van der Waals surface area (Å²) in [6.07, 6.45) is 1.08. The number of hydrogen-bond donors (Lipinski definition) is 0. The predicted molar refractivity (Wildman–Crippen MR) is 134 cm³/mol. The van der Waals surface area contributed by atoms with E-state index < -0.39 is 0 Å². The molecule has 3 aromatic carbocycles. The molecular formula is C30H28N2. The minimum Gasteiger partial charge on any atom is -0.295 e. The van der Waals surface area contributed by atoms with Crippen LogP contribution in [0.25, 0.3) is 38.6 Å². The lowest BCUT2D eigenvalue weighted by Crippen LogP contribution is -2.49. The molecule has 2 heteroatoms. The van der Waals surface area contributed by atoms with Crippen molar-refractivity contribution >= 4 is 27.3 Å². The zero-order valence-corrected chi connectivity index (χ0v) is 19.5. The summed E-state index contributed by atoms with van der Waals surface area (Å²) in [6, 6.07) is 24.7. The number of fused-ring (bicyclic) bond motifs is 5. The fourth-order valence-corrected chi connectivity index (χ4v) is 7.09. The van der Waals surface area contributed by atoms with Gasteiger partial charge in [0.15, 0.2) is 0 Å². The number of pyridine rings is 1. The second-order valence-electron chi connectivity index (χ2n) is 11.3. The van der Waals surface area contributed by atoms with Gasteiger partial charge >= 0.3 is 0 Å². The molecule has 1 atom stereocenters. The third-order valence-corrected chi connectivity index (χ3v) is 8.88. The molecule has 0 radical (unpaired) electrons. The molecule has 0 bridgehead atoms. The number of rotatable bonds is 0. The number of imidazole rings is 1. The van der Waals surface area contributed by atoms with Gasteiger partial charge in [0.25, 0.3) is 0 Å². The van der Waals surface area contributed by atoms with Crippen molar-refractivity contribution in [2.45, 2.75) is 57.3 Å². The molecular weight excluding hydrogens is 388 g/mol. The molecule has 1 aliphatic heterocycles. The van der Waals surface area contributed by atoms with Crippen molar-refractivity contribution in [2.24, 2.45) is 0 Å². The normalized spacial score (nSPS) is 22.4. The van der Waals surface area contributed by atoms with Gasteiger partial charge in [0, 0.05) is 27.2 Å². The van der Waals surface area contributed by atoms with E-state index in [1.807, 2.05) is 0 Å². The van der Waals surface area contributed by atoms with Crippen LogP contribution in [0.5, 0.6) is 0 Å². The Morgan fingerprint density at radius 2 is 1.38 bits per heavy atom. The van der Waals surface area contributed by atoms with Gasteiger partial charge < -0.3 is 0 Å². The van der Waals surface area contributed by atoms with E-state index in [-0.39, 0.29) is 16.2 Å². The van der Waals surface area contributed by atoms with Gasteiger partial charge in [0.05, 0.1) is 16.9 Å². The molecule has 158 valence electrons. The Labute approximate surface area is 188 Å². The van der Waals surface area contributed by atoms with Crippen LogP contribution in [0.15, 0.2) is 66.7 Å². The molecule has 32 heavy (non-hydrogen) atoms. The maximum atomic E-state index is 5.46. The minimum atomic E-state index is -0.0615. The molecule has 2 aliphatic rings. The Hall–Kier alpha value is -3.13. The number of benzene rings is 3. The summed E-state index contributed by atoms with van der Waals surface area (Å²) in [5.41, 5.74) is 9.11. The van der Waals surface area contributed by atoms with Crippen molar-refractivity contribution in [3.05, 3.63) is 83.6 Å². The zero-order valence-electron chi connectivity index (χ0n) is 19.5. The van der Waals surface area contributed by atoms with Crippen LogP contribution < -0.4 is 0 Å². The van der Waals surface area contributed by atoms with Gasteiger partial charge in [-0.05, 0) is 28.3 Å². The second-order valence-corrected chi connectivity index (χ2v) is 11.3. The Bertz CT molecular complexity index is 1620. The summed E-state index contributed by atoms with van der Waals surface area (Å²) in [4.78, 5) is 5.46. The predicted octanol–water partition coefficient (Wildman–Crippen LogP) is 7.54. The highest BCUT2D eigenvalue weighted by Gasteiger charge is 2.54. The van der Waals surface area contributed by atoms with Crippen molar-refractivity contribution in [3.63, 3.8) is 0 Å². The Kier molecular flexibility index (Phi) is 3.13. The zero-order chi connectivity index (χ0) is 22.0. The molecule has 1 unspecified atom stereocenters. The summed E-state index contributed by atoms with van der Waals surface area (Å²) in [7, 11) is 0. The van der Waals surface area contributed by atoms with Crippen LogP contribution in [0, 0.1) is 0 Å². The van der Waals surface area contributed by atoms with E-state index in [9.17, 15) is 0 Å². The largest absolute Gasteiger partial charge is 0.295 e. The van der Waals surface area contributed by atoms with E-state index in [2.05, 4.69) is 106 Å². The van der Waals surface area contributed by atoms with E-state index in [0.717, 1.165) is 12.1 Å². The number of nitrogens with zero attached hydrogens (tertiary/aromatic N) is 2. The summed E-state index contributed by atoms with van der Waals surface area (Å²) < 4.78 is 2.53. The standard InChI is InChI=1S/C30H28N2/c1-28(2)17-30(5)26-24(21-13-8-9-15-22(21)28)31-27-20-12-7-6-11-18(20)19-14-10-16-23(29(30,3)4)25(19)32(26)27/h6-16H,17H2,1-5H3. The molecule has 1 aliphatic carbocycles. The van der Waals surface area contributed by atoms with Gasteiger partial charge in [-0.25, -0.2) is 4.98 Å². The van der Waals surface area contributed by atoms with Gasteiger partial charge in [-0.15, -0.1) is 0 Å². The maximum Gasteiger partial charge on any atom is 0.146 e. The molecule has 0 saturated carbocycles. The highest BCUT2D eigenvalue weighted by Crippen LogP contribution is 2.60. The molecule has 0 amide bonds. The Morgan fingerprint density at radius 3 is 2.19 bits per heavy atom. The van der Waals surface area contributed by atoms with E-state index in [1.165, 1.54) is 49.8 Å². The summed E-state index contributed by atoms with van der Waals surface area (Å²) in [6.45, 7) is 12.2. The van der Waals surface area contributed by atoms with Gasteiger partial charge in [0.2, 0.25) is 0 Å². The van der Waals surface area contributed by atoms with Gasteiger partial charge in [-0.2, -0.15) is 0 Å². The first kappa shape index (κ1) is 18.4. The van der Waals surface area contributed by atoms with Crippen LogP contribution in [0.1, 0.15) is 57.9 Å². The van der Waals surface area contributed by atoms with E-state index in [4.69, 9.17) is 4.98 Å². The van der Waals surface area contributed by atoms with Crippen LogP contribution in [-0.2, 0) is 16.2 Å². The second kappa shape index (κ2) is 5.43. The van der Waals surface area contributed by atoms with Gasteiger partial charge in [-0.3, -0.25) is 4.40 Å². The number of para-hydroxylation sites is 1. The summed E-state index contributed by atoms with van der Waals surface area (Å²) in [5, 5.41) is 3.87. The topological polar surface area (TPSA) is 17.3 Å². The van der Waals surface area contributed by atoms with Crippen LogP contribution in [0.4, 0.5) is 0 Å². The Balaban J connectivity index is 1.84. The van der Waals surface area contributed by atoms with Crippen molar-refractivity contribution in [1.29, 1.82) is 0 Å². The van der Waals surface area contributed by atoms with E-state index >= 15 is 0 Å². The average molecular weight is 417 g/mol. The molecule has 0 saturated heterocycles. The fourth-order valence-electron chi connectivity index (χ4n) is 7.09. The molecule has 7 rings (SSSR count). The molecule has 0 N–H and O–H groups in total. The number of hydrogen-bond acceptors (Lipinski definition) is 1. The van der Waals surface area contributed by atoms with Crippen LogP contribution in [-0.4, -0.2) is 9.38 Å². The smallest absolute Gasteiger partial charge is 0.146 e. The van der Waals surface area contributed by atoms with Crippen LogP contribution in [0.2, 0.25) is 0 Å². The first-order chi connectivity index (χ1) is 15.3. The quantitative estimate of drug-likeness (QED) is 0.238. The summed E-state index contributed by atoms with van der Waals surface area (Å²) in [5.74, 6) is 0. The first-order valence-corrected chi connectivity index (χ1v) is 11.7. The maximum absolute atomic E-state index is 5.46. The molecule has 3 heterocycles. The lowest BCUT2D eigenvalue weighted by Gasteiger charge is -2.50. The molecule has 5 aromatic rings. The third-order valence-electron chi connectivity index (χ3n) is 8.88. The minimum absolute atomic E-state index is 0.0357. The van der Waals surface area contributed by atoms with Gasteiger partial charge in [0.1, 0.15) is 5.65 Å². The van der Waals surface area contributed by atoms with Crippen molar-refractivity contribution in [2.75, 3.05) is 0 Å².